The second-order valence-corrected chi connectivity index (χ2v) is 8.14. The lowest BCUT2D eigenvalue weighted by molar-refractivity contribution is 0.243. The van der Waals surface area contributed by atoms with Crippen LogP contribution in [0, 0.1) is 0 Å². The first-order valence-electron chi connectivity index (χ1n) is 8.92. The van der Waals surface area contributed by atoms with Gasteiger partial charge >= 0.3 is 0 Å². The number of sulfonamides is 1. The van der Waals surface area contributed by atoms with Gasteiger partial charge in [0.15, 0.2) is 0 Å². The Labute approximate surface area is 161 Å². The largest absolute Gasteiger partial charge is 0.507 e. The van der Waals surface area contributed by atoms with Gasteiger partial charge < -0.3 is 9.84 Å². The second kappa shape index (κ2) is 9.01. The molecule has 0 aliphatic carbocycles. The molecular weight excluding hydrogens is 364 g/mol. The van der Waals surface area contributed by atoms with Crippen molar-refractivity contribution in [2.24, 2.45) is 4.99 Å². The van der Waals surface area contributed by atoms with Crippen molar-refractivity contribution >= 4 is 21.9 Å². The summed E-state index contributed by atoms with van der Waals surface area (Å²) < 4.78 is 32.8. The summed E-state index contributed by atoms with van der Waals surface area (Å²) in [5.74, 6) is 0.578. The minimum atomic E-state index is -3.61. The summed E-state index contributed by atoms with van der Waals surface area (Å²) in [5.41, 5.74) is 0.921. The van der Waals surface area contributed by atoms with Gasteiger partial charge in [-0.1, -0.05) is 26.0 Å². The first-order valence-corrected chi connectivity index (χ1v) is 10.4. The number of aliphatic imine (C=N–C) groups is 1. The Bertz CT molecular complexity index is 904. The predicted octanol–water partition coefficient (Wildman–Crippen LogP) is 3.96. The minimum Gasteiger partial charge on any atom is -0.507 e. The number of hydrogen-bond donors (Lipinski definition) is 1. The zero-order valence-corrected chi connectivity index (χ0v) is 16.9. The molecule has 0 saturated carbocycles. The van der Waals surface area contributed by atoms with Crippen molar-refractivity contribution in [1.29, 1.82) is 0 Å². The highest BCUT2D eigenvalue weighted by Gasteiger charge is 2.23. The normalized spacial score (nSPS) is 12.2. The number of benzene rings is 2. The van der Waals surface area contributed by atoms with Gasteiger partial charge in [-0.25, -0.2) is 8.42 Å². The molecule has 0 bridgehead atoms. The molecule has 0 unspecified atom stereocenters. The molecule has 146 valence electrons. The summed E-state index contributed by atoms with van der Waals surface area (Å²) in [6.07, 6.45) is 1.40. The van der Waals surface area contributed by atoms with Gasteiger partial charge in [0.05, 0.1) is 11.0 Å². The Hall–Kier alpha value is -2.38. The Morgan fingerprint density at radius 2 is 1.81 bits per heavy atom. The van der Waals surface area contributed by atoms with Gasteiger partial charge in [0.2, 0.25) is 10.0 Å². The number of aromatic hydroxyl groups is 1. The van der Waals surface area contributed by atoms with Crippen LogP contribution >= 0.6 is 0 Å². The Morgan fingerprint density at radius 3 is 2.41 bits per heavy atom. The molecule has 6 nitrogen and oxygen atoms in total. The van der Waals surface area contributed by atoms with Gasteiger partial charge in [0.1, 0.15) is 17.2 Å². The quantitative estimate of drug-likeness (QED) is 0.692. The predicted molar refractivity (Wildman–Crippen MR) is 108 cm³/mol. The molecule has 0 atom stereocenters. The maximum atomic E-state index is 12.8. The van der Waals surface area contributed by atoms with Gasteiger partial charge in [-0.05, 0) is 44.2 Å². The summed E-state index contributed by atoms with van der Waals surface area (Å²) in [6, 6.07) is 11.4. The third-order valence-corrected chi connectivity index (χ3v) is 5.96. The van der Waals surface area contributed by atoms with E-state index in [2.05, 4.69) is 4.99 Å². The fraction of sp³-hybridized carbons (Fsp3) is 0.350. The molecule has 0 heterocycles. The maximum Gasteiger partial charge on any atom is 0.243 e. The molecular formula is C20H26N2O4S. The zero-order chi connectivity index (χ0) is 20.0. The molecule has 0 aliphatic heterocycles. The molecule has 2 aromatic rings. The molecule has 2 aromatic carbocycles. The van der Waals surface area contributed by atoms with Crippen molar-refractivity contribution in [3.8, 4) is 11.5 Å². The number of ether oxygens (including phenoxy) is 1. The highest BCUT2D eigenvalue weighted by molar-refractivity contribution is 7.89. The number of phenolic OH excluding ortho intramolecular Hbond substituents is 1. The maximum absolute atomic E-state index is 12.8. The zero-order valence-electron chi connectivity index (χ0n) is 16.1. The number of hydrogen-bond acceptors (Lipinski definition) is 5. The van der Waals surface area contributed by atoms with Gasteiger partial charge in [0, 0.05) is 24.9 Å². The van der Waals surface area contributed by atoms with E-state index >= 15 is 0 Å². The molecule has 0 fully saturated rings. The Morgan fingerprint density at radius 1 is 1.15 bits per heavy atom. The van der Waals surface area contributed by atoms with Crippen LogP contribution in [0.1, 0.15) is 33.3 Å². The van der Waals surface area contributed by atoms with Gasteiger partial charge in [0.25, 0.3) is 0 Å². The van der Waals surface area contributed by atoms with Crippen LogP contribution in [0.4, 0.5) is 5.69 Å². The summed E-state index contributed by atoms with van der Waals surface area (Å²) >= 11 is 0. The van der Waals surface area contributed by atoms with E-state index in [1.165, 1.54) is 22.7 Å². The lowest BCUT2D eigenvalue weighted by Crippen LogP contribution is -2.30. The third-order valence-electron chi connectivity index (χ3n) is 3.92. The molecule has 2 rings (SSSR count). The van der Waals surface area contributed by atoms with Crippen molar-refractivity contribution in [2.45, 2.75) is 38.7 Å². The highest BCUT2D eigenvalue weighted by atomic mass is 32.2. The minimum absolute atomic E-state index is 0.0886. The summed E-state index contributed by atoms with van der Waals surface area (Å²) in [7, 11) is -3.61. The number of para-hydroxylation sites is 1. The van der Waals surface area contributed by atoms with E-state index < -0.39 is 10.0 Å². The monoisotopic (exact) mass is 390 g/mol. The second-order valence-electron chi connectivity index (χ2n) is 6.20. The SMILES string of the molecule is CCN(CC)S(=O)(=O)c1ccc(OC(C)C)c(N=Cc2ccccc2O)c1. The third kappa shape index (κ3) is 5.08. The molecule has 0 aromatic heterocycles. The first kappa shape index (κ1) is 20.9. The standard InChI is InChI=1S/C20H26N2O4S/c1-5-22(6-2)27(24,25)17-11-12-20(26-15(3)4)18(13-17)21-14-16-9-7-8-10-19(16)23/h7-15,23H,5-6H2,1-4H3. The number of nitrogens with zero attached hydrogens (tertiary/aromatic N) is 2. The molecule has 0 radical (unpaired) electrons. The lowest BCUT2D eigenvalue weighted by Gasteiger charge is -2.19. The van der Waals surface area contributed by atoms with Crippen LogP contribution in [-0.4, -0.2) is 43.2 Å². The molecule has 0 aliphatic rings. The highest BCUT2D eigenvalue weighted by Crippen LogP contribution is 2.32. The van der Waals surface area contributed by atoms with Crippen LogP contribution in [0.2, 0.25) is 0 Å². The average Bonchev–Trinajstić information content (AvgIpc) is 2.62. The number of phenols is 1. The van der Waals surface area contributed by atoms with Crippen molar-refractivity contribution < 1.29 is 18.3 Å². The Balaban J connectivity index is 2.50. The topological polar surface area (TPSA) is 79.2 Å². The lowest BCUT2D eigenvalue weighted by atomic mass is 10.2. The van der Waals surface area contributed by atoms with Crippen molar-refractivity contribution in [2.75, 3.05) is 13.1 Å². The summed E-state index contributed by atoms with van der Waals surface area (Å²) in [4.78, 5) is 4.54. The van der Waals surface area contributed by atoms with E-state index in [9.17, 15) is 13.5 Å². The summed E-state index contributed by atoms with van der Waals surface area (Å²) in [6.45, 7) is 8.15. The van der Waals surface area contributed by atoms with E-state index in [1.807, 2.05) is 13.8 Å². The van der Waals surface area contributed by atoms with Crippen LogP contribution in [0.3, 0.4) is 0 Å². The molecule has 0 amide bonds. The van der Waals surface area contributed by atoms with E-state index in [-0.39, 0.29) is 16.7 Å². The molecule has 0 spiro atoms. The fourth-order valence-electron chi connectivity index (χ4n) is 2.56. The molecule has 7 heteroatoms. The fourth-order valence-corrected chi connectivity index (χ4v) is 4.04. The first-order chi connectivity index (χ1) is 12.8. The van der Waals surface area contributed by atoms with E-state index in [0.717, 1.165) is 0 Å². The van der Waals surface area contributed by atoms with Crippen LogP contribution in [0.25, 0.3) is 0 Å². The molecule has 1 N–H and O–H groups in total. The van der Waals surface area contributed by atoms with Crippen LogP contribution in [0.15, 0.2) is 52.4 Å². The van der Waals surface area contributed by atoms with E-state index in [4.69, 9.17) is 4.74 Å². The number of rotatable bonds is 8. The van der Waals surface area contributed by atoms with E-state index in [1.54, 1.807) is 44.2 Å². The summed E-state index contributed by atoms with van der Waals surface area (Å²) in [5, 5.41) is 9.90. The van der Waals surface area contributed by atoms with Crippen molar-refractivity contribution in [1.82, 2.24) is 4.31 Å². The molecule has 0 saturated heterocycles. The van der Waals surface area contributed by atoms with Crippen LogP contribution in [-0.2, 0) is 10.0 Å². The van der Waals surface area contributed by atoms with Crippen LogP contribution in [0.5, 0.6) is 11.5 Å². The van der Waals surface area contributed by atoms with E-state index in [0.29, 0.717) is 30.1 Å². The Kier molecular flexibility index (Phi) is 6.98. The van der Waals surface area contributed by atoms with Crippen molar-refractivity contribution in [3.63, 3.8) is 0 Å². The van der Waals surface area contributed by atoms with Gasteiger partial charge in [-0.15, -0.1) is 0 Å². The smallest absolute Gasteiger partial charge is 0.243 e. The van der Waals surface area contributed by atoms with Gasteiger partial charge in [-0.2, -0.15) is 4.31 Å². The molecule has 27 heavy (non-hydrogen) atoms. The average molecular weight is 391 g/mol. The van der Waals surface area contributed by atoms with Gasteiger partial charge in [-0.3, -0.25) is 4.99 Å². The van der Waals surface area contributed by atoms with Crippen molar-refractivity contribution in [3.05, 3.63) is 48.0 Å². The van der Waals surface area contributed by atoms with Crippen LogP contribution < -0.4 is 4.74 Å².